The standard InChI is InChI=1S/C13H17F2NO4S/c1-4-8-13(2,12(17)20-3)16-21(18,19)11-9(14)6-5-7-10(11)15/h5-7,16H,4,8H2,1-3H3. The van der Waals surface area contributed by atoms with E-state index in [9.17, 15) is 22.0 Å². The van der Waals surface area contributed by atoms with Gasteiger partial charge in [-0.05, 0) is 25.5 Å². The second-order valence-corrected chi connectivity index (χ2v) is 6.35. The number of carbonyl (C=O) groups excluding carboxylic acids is 1. The van der Waals surface area contributed by atoms with Crippen molar-refractivity contribution in [2.45, 2.75) is 37.1 Å². The molecule has 1 rings (SSSR count). The SMILES string of the molecule is CCCC(C)(NS(=O)(=O)c1c(F)cccc1F)C(=O)OC. The minimum atomic E-state index is -4.56. The van der Waals surface area contributed by atoms with Crippen LogP contribution in [0.2, 0.25) is 0 Å². The Morgan fingerprint density at radius 3 is 2.29 bits per heavy atom. The van der Waals surface area contributed by atoms with Gasteiger partial charge in [-0.25, -0.2) is 17.2 Å². The van der Waals surface area contributed by atoms with E-state index in [2.05, 4.69) is 4.74 Å². The maximum absolute atomic E-state index is 13.6. The van der Waals surface area contributed by atoms with Crippen LogP contribution in [-0.2, 0) is 19.6 Å². The van der Waals surface area contributed by atoms with E-state index in [-0.39, 0.29) is 6.42 Å². The first-order valence-electron chi connectivity index (χ1n) is 6.24. The molecule has 0 aliphatic rings. The van der Waals surface area contributed by atoms with Gasteiger partial charge in [0.05, 0.1) is 7.11 Å². The summed E-state index contributed by atoms with van der Waals surface area (Å²) in [6, 6.07) is 2.70. The molecule has 0 radical (unpaired) electrons. The van der Waals surface area contributed by atoms with Gasteiger partial charge in [0.25, 0.3) is 0 Å². The molecule has 1 N–H and O–H groups in total. The molecule has 0 heterocycles. The zero-order valence-electron chi connectivity index (χ0n) is 11.9. The number of rotatable bonds is 6. The van der Waals surface area contributed by atoms with Gasteiger partial charge < -0.3 is 4.74 Å². The average Bonchev–Trinajstić information content (AvgIpc) is 2.36. The van der Waals surface area contributed by atoms with E-state index in [0.717, 1.165) is 25.3 Å². The summed E-state index contributed by atoms with van der Waals surface area (Å²) in [5, 5.41) is 0. The fourth-order valence-corrected chi connectivity index (χ4v) is 3.54. The lowest BCUT2D eigenvalue weighted by atomic mass is 9.98. The fourth-order valence-electron chi connectivity index (χ4n) is 2.01. The molecule has 0 spiro atoms. The maximum Gasteiger partial charge on any atom is 0.326 e. The molecule has 1 aromatic rings. The second-order valence-electron chi connectivity index (χ2n) is 4.73. The van der Waals surface area contributed by atoms with Crippen LogP contribution in [0, 0.1) is 11.6 Å². The van der Waals surface area contributed by atoms with Crippen molar-refractivity contribution >= 4 is 16.0 Å². The highest BCUT2D eigenvalue weighted by molar-refractivity contribution is 7.89. The molecule has 1 atom stereocenters. The summed E-state index contributed by atoms with van der Waals surface area (Å²) in [7, 11) is -3.45. The highest BCUT2D eigenvalue weighted by atomic mass is 32.2. The highest BCUT2D eigenvalue weighted by Crippen LogP contribution is 2.23. The lowest BCUT2D eigenvalue weighted by molar-refractivity contribution is -0.147. The molecule has 1 aromatic carbocycles. The topological polar surface area (TPSA) is 72.5 Å². The van der Waals surface area contributed by atoms with E-state index in [1.165, 1.54) is 6.92 Å². The first-order valence-corrected chi connectivity index (χ1v) is 7.72. The summed E-state index contributed by atoms with van der Waals surface area (Å²) >= 11 is 0. The van der Waals surface area contributed by atoms with Crippen molar-refractivity contribution < 1.29 is 26.7 Å². The van der Waals surface area contributed by atoms with Gasteiger partial charge in [-0.2, -0.15) is 4.72 Å². The monoisotopic (exact) mass is 321 g/mol. The van der Waals surface area contributed by atoms with Crippen molar-refractivity contribution in [2.24, 2.45) is 0 Å². The number of esters is 1. The van der Waals surface area contributed by atoms with E-state index in [1.807, 2.05) is 4.72 Å². The van der Waals surface area contributed by atoms with Crippen molar-refractivity contribution in [3.63, 3.8) is 0 Å². The zero-order valence-corrected chi connectivity index (χ0v) is 12.8. The first-order chi connectivity index (χ1) is 9.68. The largest absolute Gasteiger partial charge is 0.468 e. The van der Waals surface area contributed by atoms with Gasteiger partial charge in [-0.3, -0.25) is 4.79 Å². The summed E-state index contributed by atoms with van der Waals surface area (Å²) in [6.07, 6.45) is 0.586. The number of sulfonamides is 1. The molecule has 0 aliphatic carbocycles. The smallest absolute Gasteiger partial charge is 0.326 e. The predicted molar refractivity (Wildman–Crippen MR) is 72.0 cm³/mol. The summed E-state index contributed by atoms with van der Waals surface area (Å²) in [4.78, 5) is 10.7. The van der Waals surface area contributed by atoms with Crippen molar-refractivity contribution in [1.82, 2.24) is 4.72 Å². The molecule has 1 unspecified atom stereocenters. The van der Waals surface area contributed by atoms with Crippen LogP contribution in [0.1, 0.15) is 26.7 Å². The van der Waals surface area contributed by atoms with Crippen LogP contribution in [0.5, 0.6) is 0 Å². The summed E-state index contributed by atoms with van der Waals surface area (Å²) < 4.78 is 58.2. The Morgan fingerprint density at radius 2 is 1.86 bits per heavy atom. The van der Waals surface area contributed by atoms with E-state index < -0.39 is 38.1 Å². The van der Waals surface area contributed by atoms with E-state index in [0.29, 0.717) is 6.42 Å². The van der Waals surface area contributed by atoms with Crippen LogP contribution in [0.4, 0.5) is 8.78 Å². The second kappa shape index (κ2) is 6.48. The van der Waals surface area contributed by atoms with Crippen LogP contribution < -0.4 is 4.72 Å². The fraction of sp³-hybridized carbons (Fsp3) is 0.462. The molecular formula is C13H17F2NO4S. The Kier molecular flexibility index (Phi) is 5.41. The van der Waals surface area contributed by atoms with Gasteiger partial charge in [0.2, 0.25) is 10.0 Å². The lowest BCUT2D eigenvalue weighted by Gasteiger charge is -2.27. The van der Waals surface area contributed by atoms with Crippen LogP contribution in [0.3, 0.4) is 0 Å². The molecule has 0 saturated heterocycles. The lowest BCUT2D eigenvalue weighted by Crippen LogP contribution is -2.52. The van der Waals surface area contributed by atoms with Gasteiger partial charge in [0.1, 0.15) is 17.2 Å². The van der Waals surface area contributed by atoms with Crippen LogP contribution in [0.25, 0.3) is 0 Å². The maximum atomic E-state index is 13.6. The molecule has 0 aliphatic heterocycles. The number of hydrogen-bond donors (Lipinski definition) is 1. The third-order valence-electron chi connectivity index (χ3n) is 2.93. The molecule has 8 heteroatoms. The molecule has 0 aromatic heterocycles. The van der Waals surface area contributed by atoms with E-state index >= 15 is 0 Å². The number of nitrogens with one attached hydrogen (secondary N) is 1. The predicted octanol–water partition coefficient (Wildman–Crippen LogP) is 1.97. The molecule has 0 saturated carbocycles. The molecule has 21 heavy (non-hydrogen) atoms. The van der Waals surface area contributed by atoms with Gasteiger partial charge >= 0.3 is 5.97 Å². The Hall–Kier alpha value is -1.54. The normalized spacial score (nSPS) is 14.5. The number of ether oxygens (including phenoxy) is 1. The summed E-state index contributed by atoms with van der Waals surface area (Å²) in [6.45, 7) is 3.04. The first kappa shape index (κ1) is 17.5. The Morgan fingerprint density at radius 1 is 1.33 bits per heavy atom. The van der Waals surface area contributed by atoms with Gasteiger partial charge in [0, 0.05) is 0 Å². The third-order valence-corrected chi connectivity index (χ3v) is 4.58. The van der Waals surface area contributed by atoms with Crippen LogP contribution >= 0.6 is 0 Å². The van der Waals surface area contributed by atoms with Crippen molar-refractivity contribution in [1.29, 1.82) is 0 Å². The third kappa shape index (κ3) is 3.76. The molecule has 0 bridgehead atoms. The Balaban J connectivity index is 3.28. The van der Waals surface area contributed by atoms with Crippen LogP contribution in [-0.4, -0.2) is 27.0 Å². The van der Waals surface area contributed by atoms with Crippen molar-refractivity contribution in [3.8, 4) is 0 Å². The molecule has 118 valence electrons. The zero-order chi connectivity index (χ0) is 16.3. The number of hydrogen-bond acceptors (Lipinski definition) is 4. The summed E-state index contributed by atoms with van der Waals surface area (Å²) in [5.74, 6) is -3.29. The number of benzene rings is 1. The summed E-state index contributed by atoms with van der Waals surface area (Å²) in [5.41, 5.74) is -1.60. The average molecular weight is 321 g/mol. The molecular weight excluding hydrogens is 304 g/mol. The quantitative estimate of drug-likeness (QED) is 0.813. The van der Waals surface area contributed by atoms with E-state index in [1.54, 1.807) is 6.92 Å². The number of halogens is 2. The molecule has 5 nitrogen and oxygen atoms in total. The highest BCUT2D eigenvalue weighted by Gasteiger charge is 2.39. The molecule has 0 amide bonds. The Labute approximate surface area is 122 Å². The van der Waals surface area contributed by atoms with Gasteiger partial charge in [0.15, 0.2) is 4.90 Å². The minimum absolute atomic E-state index is 0.120. The van der Waals surface area contributed by atoms with Crippen LogP contribution in [0.15, 0.2) is 23.1 Å². The minimum Gasteiger partial charge on any atom is -0.468 e. The van der Waals surface area contributed by atoms with E-state index in [4.69, 9.17) is 0 Å². The number of carbonyl (C=O) groups is 1. The van der Waals surface area contributed by atoms with Gasteiger partial charge in [-0.15, -0.1) is 0 Å². The Bertz CT molecular complexity index is 613. The van der Waals surface area contributed by atoms with Crippen molar-refractivity contribution in [2.75, 3.05) is 7.11 Å². The number of methoxy groups -OCH3 is 1. The molecule has 0 fully saturated rings. The van der Waals surface area contributed by atoms with Gasteiger partial charge in [-0.1, -0.05) is 19.4 Å². The van der Waals surface area contributed by atoms with Crippen molar-refractivity contribution in [3.05, 3.63) is 29.8 Å².